The van der Waals surface area contributed by atoms with Gasteiger partial charge in [0.1, 0.15) is 31.1 Å². The second-order valence-electron chi connectivity index (χ2n) is 8.59. The Hall–Kier alpha value is -5.19. The topological polar surface area (TPSA) is 217 Å². The molecular formula is C23H22ClN5O12. The number of hydrogen-bond donors (Lipinski definition) is 1. The van der Waals surface area contributed by atoms with Crippen LogP contribution in [0.4, 0.5) is 0 Å². The van der Waals surface area contributed by atoms with Crippen LogP contribution >= 0.6 is 11.6 Å². The van der Waals surface area contributed by atoms with E-state index in [0.29, 0.717) is 38.5 Å². The second kappa shape index (κ2) is 12.8. The number of carbonyl (C=O) groups excluding carboxylic acids is 2. The molecule has 17 nitrogen and oxygen atoms in total. The van der Waals surface area contributed by atoms with Crippen molar-refractivity contribution in [1.29, 1.82) is 0 Å². The molecule has 0 spiro atoms. The van der Waals surface area contributed by atoms with Crippen LogP contribution < -0.4 is 10.1 Å². The molecule has 0 aliphatic rings. The number of halogens is 1. The minimum absolute atomic E-state index is 0.297. The molecule has 1 heterocycles. The third-order valence-electron chi connectivity index (χ3n) is 5.92. The number of rotatable bonds is 14. The zero-order valence-corrected chi connectivity index (χ0v) is 22.2. The first-order chi connectivity index (χ1) is 19.4. The molecule has 218 valence electrons. The van der Waals surface area contributed by atoms with Crippen LogP contribution in [0.5, 0.6) is 5.75 Å². The number of nitrogens with one attached hydrogen (secondary N) is 1. The zero-order chi connectivity index (χ0) is 30.3. The molecule has 0 aliphatic carbocycles. The molecule has 1 N–H and O–H groups in total. The van der Waals surface area contributed by atoms with Gasteiger partial charge in [-0.15, -0.1) is 30.3 Å². The number of carbonyl (C=O) groups is 2. The van der Waals surface area contributed by atoms with E-state index in [2.05, 4.69) is 19.8 Å². The smallest absolute Gasteiger partial charge is 0.294 e. The van der Waals surface area contributed by atoms with Crippen LogP contribution in [-0.2, 0) is 25.7 Å². The van der Waals surface area contributed by atoms with Gasteiger partial charge in [0.25, 0.3) is 21.2 Å². The summed E-state index contributed by atoms with van der Waals surface area (Å²) in [6, 6.07) is 11.0. The molecule has 0 aliphatic heterocycles. The molecule has 0 atom stereocenters. The van der Waals surface area contributed by atoms with Gasteiger partial charge >= 0.3 is 0 Å². The zero-order valence-electron chi connectivity index (χ0n) is 21.4. The van der Waals surface area contributed by atoms with Crippen molar-refractivity contribution in [2.24, 2.45) is 0 Å². The van der Waals surface area contributed by atoms with E-state index in [1.807, 2.05) is 0 Å². The average Bonchev–Trinajstić information content (AvgIpc) is 3.19. The highest BCUT2D eigenvalue weighted by Crippen LogP contribution is 2.31. The third kappa shape index (κ3) is 7.47. The quantitative estimate of drug-likeness (QED) is 0.210. The highest BCUT2D eigenvalue weighted by atomic mass is 35.5. The van der Waals surface area contributed by atoms with Gasteiger partial charge in [0.05, 0.1) is 19.0 Å². The molecule has 3 aromatic rings. The van der Waals surface area contributed by atoms with Gasteiger partial charge in [-0.25, -0.2) is 0 Å². The van der Waals surface area contributed by atoms with E-state index < -0.39 is 58.9 Å². The molecule has 1 amide bonds. The first-order valence-electron chi connectivity index (χ1n) is 11.5. The molecule has 0 fully saturated rings. The molecule has 41 heavy (non-hydrogen) atoms. The summed E-state index contributed by atoms with van der Waals surface area (Å²) in [5, 5.41) is 31.8. The van der Waals surface area contributed by atoms with Crippen molar-refractivity contribution in [2.75, 3.05) is 26.9 Å². The summed E-state index contributed by atoms with van der Waals surface area (Å²) in [6.45, 7) is -1.68. The number of ether oxygens (including phenoxy) is 1. The summed E-state index contributed by atoms with van der Waals surface area (Å²) in [5.74, 6) is -0.934. The lowest BCUT2D eigenvalue weighted by atomic mass is 10.0. The van der Waals surface area contributed by atoms with E-state index in [1.54, 1.807) is 37.3 Å². The van der Waals surface area contributed by atoms with E-state index >= 15 is 0 Å². The number of benzene rings is 2. The first-order valence-corrected chi connectivity index (χ1v) is 11.8. The summed E-state index contributed by atoms with van der Waals surface area (Å²) in [4.78, 5) is 72.0. The SMILES string of the molecule is COc1ccc2c(c1)c(CC(=O)NC(CO[N+](=O)[O-])(CO[N+](=O)[O-])CO[N+](=O)[O-])c(C)n2C(=O)c1ccc(Cl)cc1. The molecule has 0 saturated carbocycles. The van der Waals surface area contributed by atoms with Crippen molar-refractivity contribution >= 4 is 34.3 Å². The van der Waals surface area contributed by atoms with Gasteiger partial charge in [0.2, 0.25) is 5.91 Å². The first kappa shape index (κ1) is 30.4. The highest BCUT2D eigenvalue weighted by Gasteiger charge is 2.37. The van der Waals surface area contributed by atoms with Crippen LogP contribution in [0, 0.1) is 37.3 Å². The Morgan fingerprint density at radius 2 is 1.46 bits per heavy atom. The fraction of sp³-hybridized carbons (Fsp3) is 0.304. The Balaban J connectivity index is 2.04. The minimum Gasteiger partial charge on any atom is -0.497 e. The number of methoxy groups -OCH3 is 1. The summed E-state index contributed by atoms with van der Waals surface area (Å²) < 4.78 is 6.65. The van der Waals surface area contributed by atoms with Gasteiger partial charge in [-0.05, 0) is 55.0 Å². The van der Waals surface area contributed by atoms with E-state index in [-0.39, 0.29) is 0 Å². The maximum absolute atomic E-state index is 13.5. The molecule has 1 aromatic heterocycles. The van der Waals surface area contributed by atoms with Crippen LogP contribution in [0.2, 0.25) is 5.02 Å². The maximum atomic E-state index is 13.5. The van der Waals surface area contributed by atoms with E-state index in [4.69, 9.17) is 16.3 Å². The molecule has 18 heteroatoms. The Kier molecular flexibility index (Phi) is 9.46. The lowest BCUT2D eigenvalue weighted by Gasteiger charge is -2.31. The van der Waals surface area contributed by atoms with Gasteiger partial charge in [0.15, 0.2) is 0 Å². The minimum atomic E-state index is -2.23. The lowest BCUT2D eigenvalue weighted by molar-refractivity contribution is -0.778. The lowest BCUT2D eigenvalue weighted by Crippen LogP contribution is -2.59. The number of aromatic nitrogens is 1. The molecule has 0 bridgehead atoms. The molecule has 2 aromatic carbocycles. The third-order valence-corrected chi connectivity index (χ3v) is 6.17. The van der Waals surface area contributed by atoms with Crippen molar-refractivity contribution in [2.45, 2.75) is 18.9 Å². The molecule has 0 radical (unpaired) electrons. The van der Waals surface area contributed by atoms with Gasteiger partial charge in [-0.1, -0.05) is 11.6 Å². The van der Waals surface area contributed by atoms with Crippen molar-refractivity contribution in [1.82, 2.24) is 9.88 Å². The predicted molar refractivity (Wildman–Crippen MR) is 138 cm³/mol. The summed E-state index contributed by atoms with van der Waals surface area (Å²) in [5.41, 5.74) is -0.840. The average molecular weight is 596 g/mol. The van der Waals surface area contributed by atoms with Crippen LogP contribution in [-0.4, -0.2) is 64.1 Å². The van der Waals surface area contributed by atoms with Crippen molar-refractivity contribution < 1.29 is 44.1 Å². The van der Waals surface area contributed by atoms with Crippen LogP contribution in [0.1, 0.15) is 21.6 Å². The number of nitrogens with zero attached hydrogens (tertiary/aromatic N) is 4. The highest BCUT2D eigenvalue weighted by molar-refractivity contribution is 6.30. The summed E-state index contributed by atoms with van der Waals surface area (Å²) >= 11 is 5.94. The van der Waals surface area contributed by atoms with Crippen molar-refractivity contribution in [3.8, 4) is 5.75 Å². The number of amides is 1. The van der Waals surface area contributed by atoms with Crippen molar-refractivity contribution in [3.63, 3.8) is 0 Å². The fourth-order valence-corrected chi connectivity index (χ4v) is 4.18. The Morgan fingerprint density at radius 1 is 0.927 bits per heavy atom. The van der Waals surface area contributed by atoms with E-state index in [9.17, 15) is 39.9 Å². The molecule has 0 saturated heterocycles. The molecule has 3 rings (SSSR count). The molecule has 0 unspecified atom stereocenters. The Labute approximate surface area is 234 Å². The summed E-state index contributed by atoms with van der Waals surface area (Å²) in [7, 11) is 1.42. The van der Waals surface area contributed by atoms with Crippen LogP contribution in [0.3, 0.4) is 0 Å². The second-order valence-corrected chi connectivity index (χ2v) is 9.03. The Morgan fingerprint density at radius 3 is 1.95 bits per heavy atom. The number of hydrogen-bond acceptors (Lipinski definition) is 12. The van der Waals surface area contributed by atoms with Gasteiger partial charge in [-0.3, -0.25) is 14.2 Å². The normalized spacial score (nSPS) is 11.0. The Bertz CT molecular complexity index is 1440. The molecular weight excluding hydrogens is 574 g/mol. The van der Waals surface area contributed by atoms with E-state index in [0.717, 1.165) is 0 Å². The van der Waals surface area contributed by atoms with Crippen molar-refractivity contribution in [3.05, 3.63) is 94.7 Å². The summed E-state index contributed by atoms with van der Waals surface area (Å²) in [6.07, 6.45) is -0.479. The fourth-order valence-electron chi connectivity index (χ4n) is 4.06. The van der Waals surface area contributed by atoms with Crippen LogP contribution in [0.25, 0.3) is 10.9 Å². The standard InChI is InChI=1S/C23H22ClN5O12/c1-14-18(10-21(30)25-23(11-39-27(32)33,12-40-28(34)35)13-41-29(36)37)19-9-17(38-2)7-8-20(19)26(14)22(31)15-3-5-16(24)6-4-15/h3-9H,10-13H2,1-2H3,(H,25,30). The monoisotopic (exact) mass is 595 g/mol. The van der Waals surface area contributed by atoms with Gasteiger partial charge in [0, 0.05) is 21.7 Å². The van der Waals surface area contributed by atoms with Gasteiger partial charge < -0.3 is 24.6 Å². The van der Waals surface area contributed by atoms with Gasteiger partial charge in [-0.2, -0.15) is 0 Å². The number of fused-ring (bicyclic) bond motifs is 1. The maximum Gasteiger partial charge on any atom is 0.294 e. The largest absolute Gasteiger partial charge is 0.497 e. The van der Waals surface area contributed by atoms with Crippen LogP contribution in [0.15, 0.2) is 42.5 Å². The predicted octanol–water partition coefficient (Wildman–Crippen LogP) is 2.32. The van der Waals surface area contributed by atoms with E-state index in [1.165, 1.54) is 23.8 Å².